The van der Waals surface area contributed by atoms with E-state index < -0.39 is 5.91 Å². The highest BCUT2D eigenvalue weighted by atomic mass is 35.5. The number of amides is 1. The Balaban J connectivity index is 2.96. The molecule has 0 aliphatic heterocycles. The van der Waals surface area contributed by atoms with E-state index in [9.17, 15) is 4.79 Å². The summed E-state index contributed by atoms with van der Waals surface area (Å²) in [5, 5.41) is 0.475. The number of ether oxygens (including phenoxy) is 1. The molecule has 14 heavy (non-hydrogen) atoms. The van der Waals surface area contributed by atoms with Crippen molar-refractivity contribution in [1.82, 2.24) is 0 Å². The number of primary amides is 1. The molecule has 1 amide bonds. The van der Waals surface area contributed by atoms with E-state index in [0.717, 1.165) is 6.42 Å². The smallest absolute Gasteiger partial charge is 0.252 e. The van der Waals surface area contributed by atoms with Crippen LogP contribution in [0.4, 0.5) is 0 Å². The van der Waals surface area contributed by atoms with Gasteiger partial charge in [0.1, 0.15) is 5.75 Å². The van der Waals surface area contributed by atoms with Gasteiger partial charge in [-0.1, -0.05) is 18.5 Å². The summed E-state index contributed by atoms with van der Waals surface area (Å²) in [5.74, 6) is -0.0395. The molecule has 0 aliphatic rings. The predicted octanol–water partition coefficient (Wildman–Crippen LogP) is 2.23. The van der Waals surface area contributed by atoms with E-state index in [-0.39, 0.29) is 0 Å². The highest BCUT2D eigenvalue weighted by molar-refractivity contribution is 6.31. The van der Waals surface area contributed by atoms with Gasteiger partial charge < -0.3 is 10.5 Å². The molecule has 1 rings (SSSR count). The molecule has 3 nitrogen and oxygen atoms in total. The molecule has 4 heteroatoms. The highest BCUT2D eigenvalue weighted by Gasteiger charge is 2.09. The maximum absolute atomic E-state index is 11.0. The minimum Gasteiger partial charge on any atom is -0.493 e. The zero-order valence-corrected chi connectivity index (χ0v) is 8.67. The molecule has 76 valence electrons. The Labute approximate surface area is 87.8 Å². The van der Waals surface area contributed by atoms with E-state index in [0.29, 0.717) is 22.9 Å². The third-order valence-electron chi connectivity index (χ3n) is 1.67. The molecule has 2 N–H and O–H groups in total. The molecule has 0 heterocycles. The van der Waals surface area contributed by atoms with Crippen LogP contribution in [0.15, 0.2) is 18.2 Å². The Morgan fingerprint density at radius 1 is 1.57 bits per heavy atom. The van der Waals surface area contributed by atoms with Crippen LogP contribution in [-0.2, 0) is 0 Å². The molecule has 0 saturated heterocycles. The summed E-state index contributed by atoms with van der Waals surface area (Å²) in [6.07, 6.45) is 0.876. The Bertz CT molecular complexity index is 339. The number of hydrogen-bond donors (Lipinski definition) is 1. The molecule has 0 bridgehead atoms. The van der Waals surface area contributed by atoms with Crippen molar-refractivity contribution in [1.29, 1.82) is 0 Å². The van der Waals surface area contributed by atoms with Crippen LogP contribution in [0.25, 0.3) is 0 Å². The van der Waals surface area contributed by atoms with Crippen LogP contribution < -0.4 is 10.5 Å². The second-order valence-electron chi connectivity index (χ2n) is 2.85. The van der Waals surface area contributed by atoms with Gasteiger partial charge in [0.2, 0.25) is 0 Å². The van der Waals surface area contributed by atoms with Gasteiger partial charge in [-0.3, -0.25) is 4.79 Å². The van der Waals surface area contributed by atoms with E-state index in [2.05, 4.69) is 0 Å². The van der Waals surface area contributed by atoms with Gasteiger partial charge in [0.25, 0.3) is 5.91 Å². The van der Waals surface area contributed by atoms with Crippen LogP contribution in [0.5, 0.6) is 5.75 Å². The van der Waals surface area contributed by atoms with Gasteiger partial charge in [0, 0.05) is 5.02 Å². The lowest BCUT2D eigenvalue weighted by Gasteiger charge is -2.08. The molecular weight excluding hydrogens is 202 g/mol. The maximum atomic E-state index is 11.0. The van der Waals surface area contributed by atoms with Gasteiger partial charge in [0.15, 0.2) is 0 Å². The fourth-order valence-corrected chi connectivity index (χ4v) is 1.20. The van der Waals surface area contributed by atoms with Crippen LogP contribution in [0.3, 0.4) is 0 Å². The van der Waals surface area contributed by atoms with Crippen LogP contribution in [0.2, 0.25) is 5.02 Å². The lowest BCUT2D eigenvalue weighted by atomic mass is 10.2. The molecule has 0 aliphatic carbocycles. The SMILES string of the molecule is CCCOc1ccc(Cl)cc1C(N)=O. The fraction of sp³-hybridized carbons (Fsp3) is 0.300. The Morgan fingerprint density at radius 3 is 2.86 bits per heavy atom. The quantitative estimate of drug-likeness (QED) is 0.834. The zero-order chi connectivity index (χ0) is 10.6. The summed E-state index contributed by atoms with van der Waals surface area (Å²) in [4.78, 5) is 11.0. The number of hydrogen-bond acceptors (Lipinski definition) is 2. The van der Waals surface area contributed by atoms with Gasteiger partial charge in [-0.05, 0) is 24.6 Å². The van der Waals surface area contributed by atoms with Crippen molar-refractivity contribution in [2.75, 3.05) is 6.61 Å². The van der Waals surface area contributed by atoms with Crippen LogP contribution in [-0.4, -0.2) is 12.5 Å². The molecule has 0 saturated carbocycles. The van der Waals surface area contributed by atoms with Gasteiger partial charge in [-0.25, -0.2) is 0 Å². The average Bonchev–Trinajstić information content (AvgIpc) is 2.15. The largest absolute Gasteiger partial charge is 0.493 e. The third kappa shape index (κ3) is 2.64. The average molecular weight is 214 g/mol. The number of benzene rings is 1. The normalized spacial score (nSPS) is 9.86. The second-order valence-corrected chi connectivity index (χ2v) is 3.29. The van der Waals surface area contributed by atoms with Crippen LogP contribution in [0, 0.1) is 0 Å². The van der Waals surface area contributed by atoms with Crippen molar-refractivity contribution >= 4 is 17.5 Å². The number of carbonyl (C=O) groups is 1. The highest BCUT2D eigenvalue weighted by Crippen LogP contribution is 2.22. The first-order valence-corrected chi connectivity index (χ1v) is 4.75. The van der Waals surface area contributed by atoms with E-state index in [4.69, 9.17) is 22.1 Å². The zero-order valence-electron chi connectivity index (χ0n) is 7.92. The first-order chi connectivity index (χ1) is 6.65. The number of nitrogens with two attached hydrogens (primary N) is 1. The maximum Gasteiger partial charge on any atom is 0.252 e. The standard InChI is InChI=1S/C10H12ClNO2/c1-2-5-14-9-4-3-7(11)6-8(9)10(12)13/h3-4,6H,2,5H2,1H3,(H2,12,13). The van der Waals surface area contributed by atoms with Crippen LogP contribution in [0.1, 0.15) is 23.7 Å². The molecule has 0 spiro atoms. The molecule has 0 fully saturated rings. The summed E-state index contributed by atoms with van der Waals surface area (Å²) >= 11 is 5.73. The van der Waals surface area contributed by atoms with Crippen molar-refractivity contribution in [2.24, 2.45) is 5.73 Å². The predicted molar refractivity (Wildman–Crippen MR) is 55.8 cm³/mol. The molecular formula is C10H12ClNO2. The molecule has 1 aromatic carbocycles. The molecule has 0 aromatic heterocycles. The van der Waals surface area contributed by atoms with Crippen molar-refractivity contribution in [3.8, 4) is 5.75 Å². The lowest BCUT2D eigenvalue weighted by molar-refractivity contribution is 0.0996. The molecule has 0 radical (unpaired) electrons. The van der Waals surface area contributed by atoms with Crippen LogP contribution >= 0.6 is 11.6 Å². The summed E-state index contributed by atoms with van der Waals surface area (Å²) in [7, 11) is 0. The van der Waals surface area contributed by atoms with E-state index in [1.54, 1.807) is 12.1 Å². The number of carbonyl (C=O) groups excluding carboxylic acids is 1. The first-order valence-electron chi connectivity index (χ1n) is 4.37. The monoisotopic (exact) mass is 213 g/mol. The Kier molecular flexibility index (Phi) is 3.77. The van der Waals surface area contributed by atoms with Crippen molar-refractivity contribution in [3.05, 3.63) is 28.8 Å². The summed E-state index contributed by atoms with van der Waals surface area (Å²) in [6, 6.07) is 4.83. The third-order valence-corrected chi connectivity index (χ3v) is 1.90. The lowest BCUT2D eigenvalue weighted by Crippen LogP contribution is -2.13. The fourth-order valence-electron chi connectivity index (χ4n) is 1.03. The van der Waals surface area contributed by atoms with Crippen molar-refractivity contribution in [3.63, 3.8) is 0 Å². The Hall–Kier alpha value is -1.22. The molecule has 0 unspecified atom stereocenters. The minimum atomic E-state index is -0.529. The van der Waals surface area contributed by atoms with E-state index in [1.807, 2.05) is 6.92 Å². The van der Waals surface area contributed by atoms with Gasteiger partial charge in [-0.15, -0.1) is 0 Å². The first kappa shape index (κ1) is 10.9. The van der Waals surface area contributed by atoms with E-state index in [1.165, 1.54) is 6.07 Å². The van der Waals surface area contributed by atoms with Gasteiger partial charge >= 0.3 is 0 Å². The number of halogens is 1. The summed E-state index contributed by atoms with van der Waals surface area (Å²) in [6.45, 7) is 2.54. The van der Waals surface area contributed by atoms with Gasteiger partial charge in [-0.2, -0.15) is 0 Å². The van der Waals surface area contributed by atoms with Gasteiger partial charge in [0.05, 0.1) is 12.2 Å². The Morgan fingerprint density at radius 2 is 2.29 bits per heavy atom. The summed E-state index contributed by atoms with van der Waals surface area (Å²) in [5.41, 5.74) is 5.50. The van der Waals surface area contributed by atoms with Crippen molar-refractivity contribution in [2.45, 2.75) is 13.3 Å². The molecule has 1 aromatic rings. The number of rotatable bonds is 4. The van der Waals surface area contributed by atoms with Crippen molar-refractivity contribution < 1.29 is 9.53 Å². The molecule has 0 atom stereocenters. The second kappa shape index (κ2) is 4.86. The topological polar surface area (TPSA) is 52.3 Å². The van der Waals surface area contributed by atoms with E-state index >= 15 is 0 Å². The summed E-state index contributed by atoms with van der Waals surface area (Å²) < 4.78 is 5.34. The minimum absolute atomic E-state index is 0.325.